The first kappa shape index (κ1) is 15.6. The van der Waals surface area contributed by atoms with Gasteiger partial charge in [0.2, 0.25) is 0 Å². The third-order valence-corrected chi connectivity index (χ3v) is 7.71. The molecule has 4 aliphatic rings. The number of fused-ring (bicyclic) bond motifs is 5. The average molecular weight is 316 g/mol. The van der Waals surface area contributed by atoms with E-state index >= 15 is 0 Å². The maximum absolute atomic E-state index is 12.1. The van der Waals surface area contributed by atoms with Gasteiger partial charge in [0.15, 0.2) is 5.78 Å². The van der Waals surface area contributed by atoms with Gasteiger partial charge in [-0.1, -0.05) is 19.4 Å². The van der Waals surface area contributed by atoms with Gasteiger partial charge in [0.05, 0.1) is 12.7 Å². The summed E-state index contributed by atoms with van der Waals surface area (Å²) >= 11 is 0. The molecule has 0 bridgehead atoms. The summed E-state index contributed by atoms with van der Waals surface area (Å²) in [7, 11) is 0. The van der Waals surface area contributed by atoms with Crippen LogP contribution >= 0.6 is 0 Å². The van der Waals surface area contributed by atoms with Gasteiger partial charge in [-0.15, -0.1) is 0 Å². The van der Waals surface area contributed by atoms with Crippen LogP contribution in [0.4, 0.5) is 0 Å². The monoisotopic (exact) mass is 316 g/mol. The number of carbonyl (C=O) groups excluding carboxylic acids is 2. The van der Waals surface area contributed by atoms with Crippen LogP contribution in [-0.2, 0) is 14.3 Å². The molecule has 6 atom stereocenters. The molecule has 1 saturated heterocycles. The number of allylic oxidation sites excluding steroid dienone is 1. The van der Waals surface area contributed by atoms with Gasteiger partial charge in [0, 0.05) is 23.2 Å². The Hall–Kier alpha value is -0.960. The van der Waals surface area contributed by atoms with E-state index in [-0.39, 0.29) is 28.6 Å². The molecule has 0 aromatic heterocycles. The molecular formula is C20H28O3. The predicted molar refractivity (Wildman–Crippen MR) is 87.9 cm³/mol. The summed E-state index contributed by atoms with van der Waals surface area (Å²) in [6.45, 7) is 7.05. The zero-order valence-electron chi connectivity index (χ0n) is 14.6. The topological polar surface area (TPSA) is 43.4 Å². The van der Waals surface area contributed by atoms with Crippen molar-refractivity contribution in [2.24, 2.45) is 28.6 Å². The zero-order valence-corrected chi connectivity index (χ0v) is 14.6. The molecule has 0 spiro atoms. The van der Waals surface area contributed by atoms with Gasteiger partial charge in [-0.2, -0.15) is 0 Å². The molecule has 4 rings (SSSR count). The van der Waals surface area contributed by atoms with Gasteiger partial charge >= 0.3 is 0 Å². The smallest absolute Gasteiger partial charge is 0.155 e. The Labute approximate surface area is 138 Å². The Morgan fingerprint density at radius 2 is 2.00 bits per heavy atom. The highest BCUT2D eigenvalue weighted by molar-refractivity contribution is 5.91. The molecule has 3 nitrogen and oxygen atoms in total. The van der Waals surface area contributed by atoms with Gasteiger partial charge in [-0.3, -0.25) is 9.59 Å². The Kier molecular flexibility index (Phi) is 3.39. The highest BCUT2D eigenvalue weighted by Gasteiger charge is 2.60. The summed E-state index contributed by atoms with van der Waals surface area (Å²) in [4.78, 5) is 23.9. The second-order valence-electron chi connectivity index (χ2n) is 8.84. The van der Waals surface area contributed by atoms with E-state index in [2.05, 4.69) is 13.8 Å². The molecule has 1 heterocycles. The van der Waals surface area contributed by atoms with Crippen LogP contribution in [0.5, 0.6) is 0 Å². The average Bonchev–Trinajstić information content (AvgIpc) is 2.85. The van der Waals surface area contributed by atoms with Gasteiger partial charge < -0.3 is 4.74 Å². The summed E-state index contributed by atoms with van der Waals surface area (Å²) < 4.78 is 6.48. The number of hydrogen-bond acceptors (Lipinski definition) is 3. The van der Waals surface area contributed by atoms with Gasteiger partial charge in [-0.05, 0) is 56.9 Å². The normalized spacial score (nSPS) is 49.0. The standard InChI is InChI=1S/C20H28O3/c1-12(21)16-6-7-17-15-5-4-13-10-14(22)8-9-19(13,2)18(15)23-11-20(16,17)3/h10,15-18H,4-9,11H2,1-3H3. The third kappa shape index (κ3) is 2.05. The quantitative estimate of drug-likeness (QED) is 0.740. The molecule has 1 aliphatic heterocycles. The fourth-order valence-corrected chi connectivity index (χ4v) is 6.44. The fourth-order valence-electron chi connectivity index (χ4n) is 6.44. The second kappa shape index (κ2) is 5.02. The van der Waals surface area contributed by atoms with Crippen LogP contribution in [0, 0.1) is 28.6 Å². The van der Waals surface area contributed by atoms with Gasteiger partial charge in [0.1, 0.15) is 5.78 Å². The van der Waals surface area contributed by atoms with Crippen molar-refractivity contribution in [3.63, 3.8) is 0 Å². The predicted octanol–water partition coefficient (Wildman–Crippen LogP) is 3.71. The molecule has 0 aromatic rings. The minimum atomic E-state index is 0.0229. The van der Waals surface area contributed by atoms with Crippen LogP contribution in [-0.4, -0.2) is 24.3 Å². The van der Waals surface area contributed by atoms with Crippen LogP contribution in [0.15, 0.2) is 11.6 Å². The molecule has 126 valence electrons. The number of ketones is 2. The van der Waals surface area contributed by atoms with Crippen molar-refractivity contribution in [2.75, 3.05) is 6.61 Å². The van der Waals surface area contributed by atoms with E-state index in [1.807, 2.05) is 6.08 Å². The summed E-state index contributed by atoms with van der Waals surface area (Å²) in [6.07, 6.45) is 8.07. The van der Waals surface area contributed by atoms with Crippen molar-refractivity contribution >= 4 is 11.6 Å². The molecule has 0 amide bonds. The third-order valence-electron chi connectivity index (χ3n) is 7.71. The molecule has 0 aromatic carbocycles. The van der Waals surface area contributed by atoms with E-state index < -0.39 is 0 Å². The number of hydrogen-bond donors (Lipinski definition) is 0. The Morgan fingerprint density at radius 1 is 1.22 bits per heavy atom. The number of ether oxygens (including phenoxy) is 1. The van der Waals surface area contributed by atoms with Gasteiger partial charge in [-0.25, -0.2) is 0 Å². The van der Waals surface area contributed by atoms with Crippen LogP contribution in [0.25, 0.3) is 0 Å². The first-order chi connectivity index (χ1) is 10.9. The number of rotatable bonds is 1. The molecule has 3 heteroatoms. The Bertz CT molecular complexity index is 592. The van der Waals surface area contributed by atoms with E-state index in [0.717, 1.165) is 25.7 Å². The van der Waals surface area contributed by atoms with Crippen LogP contribution in [0.3, 0.4) is 0 Å². The van der Waals surface area contributed by atoms with Crippen molar-refractivity contribution < 1.29 is 14.3 Å². The molecule has 6 unspecified atom stereocenters. The van der Waals surface area contributed by atoms with E-state index in [1.54, 1.807) is 6.92 Å². The van der Waals surface area contributed by atoms with E-state index in [4.69, 9.17) is 4.74 Å². The fraction of sp³-hybridized carbons (Fsp3) is 0.800. The minimum Gasteiger partial charge on any atom is -0.376 e. The molecule has 0 N–H and O–H groups in total. The highest BCUT2D eigenvalue weighted by atomic mass is 16.5. The highest BCUT2D eigenvalue weighted by Crippen LogP contribution is 2.62. The van der Waals surface area contributed by atoms with E-state index in [1.165, 1.54) is 12.0 Å². The van der Waals surface area contributed by atoms with Gasteiger partial charge in [0.25, 0.3) is 0 Å². The summed E-state index contributed by atoms with van der Waals surface area (Å²) in [5, 5.41) is 0. The minimum absolute atomic E-state index is 0.0229. The van der Waals surface area contributed by atoms with Crippen LogP contribution in [0.2, 0.25) is 0 Å². The maximum Gasteiger partial charge on any atom is 0.155 e. The lowest BCUT2D eigenvalue weighted by atomic mass is 9.54. The van der Waals surface area contributed by atoms with Crippen molar-refractivity contribution in [2.45, 2.75) is 65.4 Å². The van der Waals surface area contributed by atoms with Crippen molar-refractivity contribution in [3.05, 3.63) is 11.6 Å². The first-order valence-electron chi connectivity index (χ1n) is 9.22. The first-order valence-corrected chi connectivity index (χ1v) is 9.22. The lowest BCUT2D eigenvalue weighted by Gasteiger charge is -2.57. The Morgan fingerprint density at radius 3 is 2.74 bits per heavy atom. The lowest BCUT2D eigenvalue weighted by Crippen LogP contribution is -2.57. The zero-order chi connectivity index (χ0) is 16.4. The molecule has 3 aliphatic carbocycles. The van der Waals surface area contributed by atoms with E-state index in [0.29, 0.717) is 30.6 Å². The largest absolute Gasteiger partial charge is 0.376 e. The van der Waals surface area contributed by atoms with Crippen LogP contribution in [0.1, 0.15) is 59.3 Å². The van der Waals surface area contributed by atoms with Crippen LogP contribution < -0.4 is 0 Å². The van der Waals surface area contributed by atoms with E-state index in [9.17, 15) is 9.59 Å². The summed E-state index contributed by atoms with van der Waals surface area (Å²) in [6, 6.07) is 0. The van der Waals surface area contributed by atoms with Crippen molar-refractivity contribution in [3.8, 4) is 0 Å². The van der Waals surface area contributed by atoms with Crippen molar-refractivity contribution in [1.29, 1.82) is 0 Å². The SMILES string of the molecule is CC(=O)C1CCC2C3CCC4=CC(=O)CCC4(C)C3OCC12C. The second-order valence-corrected chi connectivity index (χ2v) is 8.84. The molecule has 23 heavy (non-hydrogen) atoms. The molecule has 2 saturated carbocycles. The summed E-state index contributed by atoms with van der Waals surface area (Å²) in [5.41, 5.74) is 1.38. The molecule has 0 radical (unpaired) electrons. The Balaban J connectivity index is 1.67. The van der Waals surface area contributed by atoms with Crippen molar-refractivity contribution in [1.82, 2.24) is 0 Å². The maximum atomic E-state index is 12.1. The lowest BCUT2D eigenvalue weighted by molar-refractivity contribution is -0.184. The summed E-state index contributed by atoms with van der Waals surface area (Å²) in [5.74, 6) is 1.95. The molecular weight excluding hydrogens is 288 g/mol. The number of carbonyl (C=O) groups is 2. The molecule has 3 fully saturated rings. The number of Topliss-reactive ketones (excluding diaryl/α,β-unsaturated/α-hetero) is 1.